The molecular weight excluding hydrogens is 436 g/mol. The van der Waals surface area contributed by atoms with Gasteiger partial charge in [-0.15, -0.1) is 0 Å². The zero-order valence-corrected chi connectivity index (χ0v) is 17.8. The molecule has 1 saturated heterocycles. The molecular formula is C18H18B3ClN4O6. The predicted octanol–water partition coefficient (Wildman–Crippen LogP) is -1.05. The molecule has 2 rings (SSSR count). The number of rotatable bonds is 8. The summed E-state index contributed by atoms with van der Waals surface area (Å²) >= 11 is 5.96. The number of hydrogen-bond acceptors (Lipinski definition) is 6. The fourth-order valence-corrected chi connectivity index (χ4v) is 3.18. The molecule has 0 saturated carbocycles. The summed E-state index contributed by atoms with van der Waals surface area (Å²) in [5, 5.41) is 7.38. The maximum atomic E-state index is 12.9. The molecule has 1 aliphatic rings. The van der Waals surface area contributed by atoms with Gasteiger partial charge in [-0.3, -0.25) is 24.5 Å². The van der Waals surface area contributed by atoms with Crippen molar-refractivity contribution in [2.45, 2.75) is 24.2 Å². The molecule has 0 unspecified atom stereocenters. The standard InChI is InChI=1S/C18H18B3ClN4O6/c1-23-16(30)13(27)12(6-8-4-5-24-14(8)28)25-15(29)10-7-9(22)2-3-11(10)26-17(31)32-18(19,20)21/h2-3,7-8,12H,4-6H2,1H3,(H,23,30)(H,24,28)(H,25,29)(H,26,31)/t8-,12-/m0/s1. The highest BCUT2D eigenvalue weighted by atomic mass is 35.5. The average molecular weight is 454 g/mol. The van der Waals surface area contributed by atoms with Crippen LogP contribution in [0, 0.1) is 5.92 Å². The van der Waals surface area contributed by atoms with Crippen molar-refractivity contribution in [2.75, 3.05) is 18.9 Å². The molecule has 0 bridgehead atoms. The summed E-state index contributed by atoms with van der Waals surface area (Å²) < 4.78 is 4.54. The van der Waals surface area contributed by atoms with E-state index in [1.165, 1.54) is 25.2 Å². The molecule has 32 heavy (non-hydrogen) atoms. The van der Waals surface area contributed by atoms with Crippen molar-refractivity contribution >= 4 is 70.4 Å². The van der Waals surface area contributed by atoms with Gasteiger partial charge in [-0.1, -0.05) is 11.6 Å². The molecule has 1 aliphatic heterocycles. The van der Waals surface area contributed by atoms with Crippen LogP contribution in [-0.2, 0) is 19.1 Å². The van der Waals surface area contributed by atoms with Crippen LogP contribution >= 0.6 is 11.6 Å². The Bertz CT molecular complexity index is 940. The van der Waals surface area contributed by atoms with Gasteiger partial charge in [0.1, 0.15) is 23.5 Å². The molecule has 1 aromatic carbocycles. The van der Waals surface area contributed by atoms with Gasteiger partial charge >= 0.3 is 6.09 Å². The fourth-order valence-electron chi connectivity index (χ4n) is 3.01. The van der Waals surface area contributed by atoms with Crippen molar-refractivity contribution in [3.63, 3.8) is 0 Å². The number of nitrogens with one attached hydrogen (secondary N) is 4. The van der Waals surface area contributed by atoms with Crippen LogP contribution in [0.4, 0.5) is 10.5 Å². The lowest BCUT2D eigenvalue weighted by Crippen LogP contribution is -2.48. The normalized spacial score (nSPS) is 16.4. The highest BCUT2D eigenvalue weighted by Gasteiger charge is 2.34. The Morgan fingerprint density at radius 2 is 1.97 bits per heavy atom. The molecule has 1 heterocycles. The number of carbonyl (C=O) groups excluding carboxylic acids is 5. The topological polar surface area (TPSA) is 143 Å². The number of halogens is 1. The summed E-state index contributed by atoms with van der Waals surface area (Å²) in [4.78, 5) is 61.2. The highest BCUT2D eigenvalue weighted by Crippen LogP contribution is 2.23. The van der Waals surface area contributed by atoms with Crippen molar-refractivity contribution in [1.29, 1.82) is 0 Å². The minimum Gasteiger partial charge on any atom is -0.473 e. The highest BCUT2D eigenvalue weighted by molar-refractivity contribution is 6.58. The summed E-state index contributed by atoms with van der Waals surface area (Å²) in [6.07, 6.45) is -0.804. The lowest BCUT2D eigenvalue weighted by molar-refractivity contribution is -0.139. The Morgan fingerprint density at radius 3 is 2.53 bits per heavy atom. The molecule has 162 valence electrons. The third-order valence-electron chi connectivity index (χ3n) is 4.49. The van der Waals surface area contributed by atoms with Gasteiger partial charge in [-0.25, -0.2) is 4.79 Å². The van der Waals surface area contributed by atoms with E-state index in [9.17, 15) is 24.0 Å². The Labute approximate surface area is 193 Å². The zero-order valence-electron chi connectivity index (χ0n) is 17.1. The molecule has 1 fully saturated rings. The van der Waals surface area contributed by atoms with Crippen LogP contribution < -0.4 is 21.3 Å². The van der Waals surface area contributed by atoms with Gasteiger partial charge in [0.25, 0.3) is 11.8 Å². The molecule has 10 nitrogen and oxygen atoms in total. The van der Waals surface area contributed by atoms with Crippen LogP contribution in [0.3, 0.4) is 0 Å². The minimum atomic E-state index is -2.26. The summed E-state index contributed by atoms with van der Waals surface area (Å²) in [5.74, 6) is -3.56. The van der Waals surface area contributed by atoms with Gasteiger partial charge in [-0.05, 0) is 36.3 Å². The Balaban J connectivity index is 2.26. The maximum absolute atomic E-state index is 12.9. The fraction of sp³-hybridized carbons (Fsp3) is 0.389. The van der Waals surface area contributed by atoms with Crippen molar-refractivity contribution in [3.05, 3.63) is 28.8 Å². The van der Waals surface area contributed by atoms with Crippen LogP contribution in [0.5, 0.6) is 0 Å². The summed E-state index contributed by atoms with van der Waals surface area (Å²) in [6.45, 7) is 0.424. The van der Waals surface area contributed by atoms with E-state index in [0.717, 1.165) is 0 Å². The van der Waals surface area contributed by atoms with E-state index in [4.69, 9.17) is 35.1 Å². The van der Waals surface area contributed by atoms with Gasteiger partial charge in [0.05, 0.1) is 17.3 Å². The van der Waals surface area contributed by atoms with Crippen LogP contribution in [0.25, 0.3) is 0 Å². The smallest absolute Gasteiger partial charge is 0.409 e. The van der Waals surface area contributed by atoms with E-state index >= 15 is 0 Å². The number of ether oxygens (including phenoxy) is 1. The van der Waals surface area contributed by atoms with E-state index in [-0.39, 0.29) is 28.6 Å². The largest absolute Gasteiger partial charge is 0.473 e. The molecule has 0 aliphatic carbocycles. The predicted molar refractivity (Wildman–Crippen MR) is 118 cm³/mol. The van der Waals surface area contributed by atoms with Crippen LogP contribution in [0.15, 0.2) is 18.2 Å². The minimum absolute atomic E-state index is 0.0640. The average Bonchev–Trinajstić information content (AvgIpc) is 3.10. The van der Waals surface area contributed by atoms with E-state index in [1.54, 1.807) is 0 Å². The molecule has 0 spiro atoms. The number of carbonyl (C=O) groups is 5. The van der Waals surface area contributed by atoms with Crippen molar-refractivity contribution in [1.82, 2.24) is 16.0 Å². The summed E-state index contributed by atoms with van der Waals surface area (Å²) in [7, 11) is 16.9. The first-order chi connectivity index (χ1) is 14.9. The van der Waals surface area contributed by atoms with Gasteiger partial charge in [0.2, 0.25) is 11.7 Å². The molecule has 6 radical (unpaired) electrons. The Kier molecular flexibility index (Phi) is 8.37. The monoisotopic (exact) mass is 454 g/mol. The van der Waals surface area contributed by atoms with Crippen LogP contribution in [0.2, 0.25) is 5.02 Å². The molecule has 4 amide bonds. The first-order valence-electron chi connectivity index (χ1n) is 9.42. The Hall–Kier alpha value is -2.95. The lowest BCUT2D eigenvalue weighted by Gasteiger charge is -2.23. The third kappa shape index (κ3) is 7.05. The van der Waals surface area contributed by atoms with Crippen molar-refractivity contribution < 1.29 is 28.7 Å². The van der Waals surface area contributed by atoms with E-state index in [1.807, 2.05) is 0 Å². The molecule has 0 aromatic heterocycles. The molecule has 1 aromatic rings. The lowest BCUT2D eigenvalue weighted by atomic mass is 9.52. The van der Waals surface area contributed by atoms with Crippen LogP contribution in [-0.4, -0.2) is 78.1 Å². The second kappa shape index (κ2) is 10.6. The maximum Gasteiger partial charge on any atom is 0.409 e. The van der Waals surface area contributed by atoms with Gasteiger partial charge < -0.3 is 20.7 Å². The molecule has 14 heteroatoms. The SMILES string of the molecule is [B]C([B])([B])OC(=O)Nc1ccc(Cl)cc1C(=O)N[C@@H](C[C@@H]1CCNC1=O)C(=O)C(=O)NC. The number of ketones is 1. The first kappa shape index (κ1) is 25.3. The van der Waals surface area contributed by atoms with Crippen molar-refractivity contribution in [3.8, 4) is 0 Å². The van der Waals surface area contributed by atoms with Gasteiger partial charge in [0, 0.05) is 24.5 Å². The van der Waals surface area contributed by atoms with E-state index in [0.29, 0.717) is 13.0 Å². The van der Waals surface area contributed by atoms with Crippen molar-refractivity contribution in [2.24, 2.45) is 5.92 Å². The second-order valence-corrected chi connectivity index (χ2v) is 7.48. The van der Waals surface area contributed by atoms with Gasteiger partial charge in [0.15, 0.2) is 0 Å². The number of likely N-dealkylation sites (N-methyl/N-ethyl adjacent to an activating group) is 1. The number of anilines is 1. The molecule has 2 atom stereocenters. The van der Waals surface area contributed by atoms with E-state index in [2.05, 4.69) is 26.0 Å². The van der Waals surface area contributed by atoms with Crippen LogP contribution in [0.1, 0.15) is 23.2 Å². The summed E-state index contributed by atoms with van der Waals surface area (Å²) in [6, 6.07) is 2.59. The van der Waals surface area contributed by atoms with Gasteiger partial charge in [-0.2, -0.15) is 0 Å². The third-order valence-corrected chi connectivity index (χ3v) is 4.72. The number of hydrogen-bond donors (Lipinski definition) is 4. The Morgan fingerprint density at radius 1 is 1.28 bits per heavy atom. The number of amides is 4. The van der Waals surface area contributed by atoms with E-state index < -0.39 is 40.9 Å². The zero-order chi connectivity index (χ0) is 24.1. The molecule has 4 N–H and O–H groups in total. The quantitative estimate of drug-likeness (QED) is 0.292. The number of benzene rings is 1. The first-order valence-corrected chi connectivity index (χ1v) is 9.79. The second-order valence-electron chi connectivity index (χ2n) is 7.04. The number of Topliss-reactive ketones (excluding diaryl/α,β-unsaturated/α-hetero) is 1. The summed E-state index contributed by atoms with van der Waals surface area (Å²) in [5.41, 5.74) is -0.220.